The number of hydrogen-bond donors (Lipinski definition) is 2. The van der Waals surface area contributed by atoms with Crippen LogP contribution in [0.5, 0.6) is 0 Å². The number of nitrogens with zero attached hydrogens (tertiary/aromatic N) is 2. The summed E-state index contributed by atoms with van der Waals surface area (Å²) in [5, 5.41) is 5.77. The van der Waals surface area contributed by atoms with Crippen molar-refractivity contribution in [1.29, 1.82) is 0 Å². The van der Waals surface area contributed by atoms with Crippen LogP contribution < -0.4 is 10.6 Å². The van der Waals surface area contributed by atoms with Crippen molar-refractivity contribution in [3.05, 3.63) is 0 Å². The molecule has 1 aliphatic rings. The largest absolute Gasteiger partial charge is 0.345 e. The van der Waals surface area contributed by atoms with Crippen LogP contribution in [0.25, 0.3) is 0 Å². The average Bonchev–Trinajstić information content (AvgIpc) is 2.45. The summed E-state index contributed by atoms with van der Waals surface area (Å²) in [5.74, 6) is 0.576. The van der Waals surface area contributed by atoms with Crippen molar-refractivity contribution >= 4 is 29.0 Å². The molecule has 1 aliphatic carbocycles. The topological polar surface area (TPSA) is 73.8 Å². The molecule has 0 heterocycles. The van der Waals surface area contributed by atoms with Gasteiger partial charge < -0.3 is 10.2 Å². The van der Waals surface area contributed by atoms with Crippen LogP contribution in [0.1, 0.15) is 32.1 Å². The molecular formula is C13H24N4O2S. The van der Waals surface area contributed by atoms with Crippen LogP contribution in [0, 0.1) is 5.92 Å². The molecule has 1 fully saturated rings. The molecule has 0 aromatic carbocycles. The SMILES string of the molecule is CSC(=NC(=O)N(C)C)NC(=O)NCC1CCCCC1. The molecule has 0 aliphatic heterocycles. The lowest BCUT2D eigenvalue weighted by Gasteiger charge is -2.21. The van der Waals surface area contributed by atoms with Gasteiger partial charge in [0, 0.05) is 20.6 Å². The second kappa shape index (κ2) is 8.84. The van der Waals surface area contributed by atoms with Gasteiger partial charge in [0.05, 0.1) is 0 Å². The fraction of sp³-hybridized carbons (Fsp3) is 0.769. The van der Waals surface area contributed by atoms with E-state index in [1.54, 1.807) is 20.4 Å². The number of hydrogen-bond acceptors (Lipinski definition) is 3. The Hall–Kier alpha value is -1.24. The van der Waals surface area contributed by atoms with E-state index < -0.39 is 0 Å². The Morgan fingerprint density at radius 2 is 1.90 bits per heavy atom. The molecule has 1 saturated carbocycles. The van der Waals surface area contributed by atoms with Crippen molar-refractivity contribution in [1.82, 2.24) is 15.5 Å². The van der Waals surface area contributed by atoms with Crippen LogP contribution in [0.2, 0.25) is 0 Å². The molecule has 0 radical (unpaired) electrons. The molecule has 20 heavy (non-hydrogen) atoms. The molecule has 0 atom stereocenters. The average molecular weight is 300 g/mol. The molecule has 4 amide bonds. The maximum absolute atomic E-state index is 11.8. The van der Waals surface area contributed by atoms with Crippen LogP contribution in [-0.2, 0) is 0 Å². The Balaban J connectivity index is 2.37. The molecule has 0 saturated heterocycles. The number of amidine groups is 1. The molecule has 0 bridgehead atoms. The summed E-state index contributed by atoms with van der Waals surface area (Å²) in [5.41, 5.74) is 0. The number of amides is 4. The van der Waals surface area contributed by atoms with E-state index in [9.17, 15) is 9.59 Å². The number of thioether (sulfide) groups is 1. The van der Waals surface area contributed by atoms with Gasteiger partial charge in [-0.3, -0.25) is 5.32 Å². The Labute approximate surface area is 124 Å². The minimum Gasteiger partial charge on any atom is -0.338 e. The van der Waals surface area contributed by atoms with Crippen molar-refractivity contribution < 1.29 is 9.59 Å². The van der Waals surface area contributed by atoms with Gasteiger partial charge in [0.2, 0.25) is 0 Å². The van der Waals surface area contributed by atoms with Gasteiger partial charge in [-0.1, -0.05) is 31.0 Å². The van der Waals surface area contributed by atoms with Gasteiger partial charge in [-0.25, -0.2) is 9.59 Å². The maximum Gasteiger partial charge on any atom is 0.345 e. The number of rotatable bonds is 2. The summed E-state index contributed by atoms with van der Waals surface area (Å²) in [6, 6.07) is -0.683. The molecule has 0 unspecified atom stereocenters. The van der Waals surface area contributed by atoms with Crippen molar-refractivity contribution in [2.24, 2.45) is 10.9 Å². The monoisotopic (exact) mass is 300 g/mol. The Morgan fingerprint density at radius 1 is 1.25 bits per heavy atom. The van der Waals surface area contributed by atoms with E-state index in [4.69, 9.17) is 0 Å². The van der Waals surface area contributed by atoms with Crippen LogP contribution in [0.4, 0.5) is 9.59 Å². The minimum absolute atomic E-state index is 0.296. The van der Waals surface area contributed by atoms with Crippen molar-refractivity contribution in [3.8, 4) is 0 Å². The molecule has 7 heteroatoms. The van der Waals surface area contributed by atoms with Gasteiger partial charge in [-0.15, -0.1) is 0 Å². The zero-order valence-corrected chi connectivity index (χ0v) is 13.3. The first-order valence-corrected chi connectivity index (χ1v) is 8.14. The predicted molar refractivity (Wildman–Crippen MR) is 83.1 cm³/mol. The van der Waals surface area contributed by atoms with E-state index in [0.717, 1.165) is 0 Å². The second-order valence-corrected chi connectivity index (χ2v) is 5.93. The number of urea groups is 2. The molecule has 6 nitrogen and oxygen atoms in total. The van der Waals surface area contributed by atoms with Gasteiger partial charge in [0.1, 0.15) is 0 Å². The molecule has 0 spiro atoms. The number of aliphatic imine (C=N–C) groups is 1. The highest BCUT2D eigenvalue weighted by Crippen LogP contribution is 2.22. The van der Waals surface area contributed by atoms with Gasteiger partial charge >= 0.3 is 12.1 Å². The van der Waals surface area contributed by atoms with Crippen LogP contribution in [-0.4, -0.2) is 49.0 Å². The molecule has 0 aromatic heterocycles. The van der Waals surface area contributed by atoms with Gasteiger partial charge in [0.25, 0.3) is 0 Å². The molecule has 114 valence electrons. The van der Waals surface area contributed by atoms with Crippen molar-refractivity contribution in [2.75, 3.05) is 26.9 Å². The van der Waals surface area contributed by atoms with Gasteiger partial charge in [0.15, 0.2) is 5.17 Å². The molecular weight excluding hydrogens is 276 g/mol. The highest BCUT2D eigenvalue weighted by Gasteiger charge is 2.15. The lowest BCUT2D eigenvalue weighted by atomic mass is 9.89. The summed E-state index contributed by atoms with van der Waals surface area (Å²) in [4.78, 5) is 28.4. The van der Waals surface area contributed by atoms with E-state index in [-0.39, 0.29) is 12.1 Å². The first-order valence-electron chi connectivity index (χ1n) is 6.91. The third kappa shape index (κ3) is 6.27. The quantitative estimate of drug-likeness (QED) is 0.607. The van der Waals surface area contributed by atoms with Gasteiger partial charge in [-0.2, -0.15) is 4.99 Å². The number of carbonyl (C=O) groups excluding carboxylic acids is 2. The molecule has 2 N–H and O–H groups in total. The normalized spacial score (nSPS) is 16.6. The third-order valence-electron chi connectivity index (χ3n) is 3.27. The Kier molecular flexibility index (Phi) is 7.43. The highest BCUT2D eigenvalue weighted by molar-refractivity contribution is 8.13. The highest BCUT2D eigenvalue weighted by atomic mass is 32.2. The number of carbonyl (C=O) groups is 2. The zero-order valence-electron chi connectivity index (χ0n) is 12.4. The van der Waals surface area contributed by atoms with Crippen LogP contribution in [0.15, 0.2) is 4.99 Å². The van der Waals surface area contributed by atoms with Crippen molar-refractivity contribution in [3.63, 3.8) is 0 Å². The first-order chi connectivity index (χ1) is 9.52. The van der Waals surface area contributed by atoms with Gasteiger partial charge in [-0.05, 0) is 25.0 Å². The summed E-state index contributed by atoms with van der Waals surface area (Å²) in [6.07, 6.45) is 7.94. The number of nitrogens with one attached hydrogen (secondary N) is 2. The Morgan fingerprint density at radius 3 is 2.45 bits per heavy atom. The van der Waals surface area contributed by atoms with Crippen molar-refractivity contribution in [2.45, 2.75) is 32.1 Å². The van der Waals surface area contributed by atoms with Crippen LogP contribution in [0.3, 0.4) is 0 Å². The van der Waals surface area contributed by atoms with E-state index >= 15 is 0 Å². The first kappa shape index (κ1) is 16.8. The van der Waals surface area contributed by atoms with E-state index in [1.807, 2.05) is 0 Å². The zero-order chi connectivity index (χ0) is 15.0. The fourth-order valence-electron chi connectivity index (χ4n) is 2.08. The lowest BCUT2D eigenvalue weighted by Crippen LogP contribution is -2.41. The van der Waals surface area contributed by atoms with E-state index in [1.165, 1.54) is 48.8 Å². The Bertz CT molecular complexity index is 365. The van der Waals surface area contributed by atoms with Crippen LogP contribution >= 0.6 is 11.8 Å². The standard InChI is InChI=1S/C13H24N4O2S/c1-17(2)13(19)16-12(20-3)15-11(18)14-9-10-7-5-4-6-8-10/h10H,4-9H2,1-3H3,(H2,14,15,16,18,19). The fourth-order valence-corrected chi connectivity index (χ4v) is 2.45. The summed E-state index contributed by atoms with van der Waals surface area (Å²) in [6.45, 7) is 0.690. The van der Waals surface area contributed by atoms with E-state index in [2.05, 4.69) is 15.6 Å². The summed E-state index contributed by atoms with van der Waals surface area (Å²) in [7, 11) is 3.24. The van der Waals surface area contributed by atoms with E-state index in [0.29, 0.717) is 17.6 Å². The molecule has 0 aromatic rings. The summed E-state index contributed by atoms with van der Waals surface area (Å²) < 4.78 is 0. The minimum atomic E-state index is -0.387. The lowest BCUT2D eigenvalue weighted by molar-refractivity contribution is 0.227. The predicted octanol–water partition coefficient (Wildman–Crippen LogP) is 2.27. The maximum atomic E-state index is 11.8. The smallest absolute Gasteiger partial charge is 0.338 e. The molecule has 1 rings (SSSR count). The summed E-state index contributed by atoms with van der Waals surface area (Å²) >= 11 is 1.24. The second-order valence-electron chi connectivity index (χ2n) is 5.14. The third-order valence-corrected chi connectivity index (χ3v) is 3.85.